The largest absolute Gasteiger partial charge is 0.328 e. The molecule has 0 aliphatic carbocycles. The lowest BCUT2D eigenvalue weighted by molar-refractivity contribution is 0.102. The summed E-state index contributed by atoms with van der Waals surface area (Å²) in [6.07, 6.45) is 3.48. The fourth-order valence-corrected chi connectivity index (χ4v) is 2.53. The molecule has 0 radical (unpaired) electrons. The van der Waals surface area contributed by atoms with E-state index in [0.29, 0.717) is 17.1 Å². The molecule has 0 atom stereocenters. The van der Waals surface area contributed by atoms with Gasteiger partial charge in [0.1, 0.15) is 11.9 Å². The first-order chi connectivity index (χ1) is 11.9. The highest BCUT2D eigenvalue weighted by Crippen LogP contribution is 2.24. The van der Waals surface area contributed by atoms with E-state index in [4.69, 9.17) is 5.26 Å². The first-order valence-corrected chi connectivity index (χ1v) is 7.94. The molecule has 1 amide bonds. The molecule has 0 aliphatic rings. The Kier molecular flexibility index (Phi) is 4.15. The van der Waals surface area contributed by atoms with E-state index in [1.54, 1.807) is 29.2 Å². The van der Waals surface area contributed by atoms with E-state index < -0.39 is 0 Å². The zero-order valence-electron chi connectivity index (χ0n) is 14.4. The first kappa shape index (κ1) is 16.5. The van der Waals surface area contributed by atoms with E-state index in [2.05, 4.69) is 16.5 Å². The number of para-hydroxylation sites is 1. The molecule has 0 spiro atoms. The number of nitrogens with one attached hydrogen (secondary N) is 1. The summed E-state index contributed by atoms with van der Waals surface area (Å²) in [5.41, 5.74) is 1.43. The van der Waals surface area contributed by atoms with E-state index in [-0.39, 0.29) is 11.4 Å². The van der Waals surface area contributed by atoms with Crippen LogP contribution in [0.4, 0.5) is 5.82 Å². The van der Waals surface area contributed by atoms with Crippen molar-refractivity contribution < 1.29 is 4.79 Å². The Morgan fingerprint density at radius 2 is 1.92 bits per heavy atom. The smallest absolute Gasteiger partial charge is 0.277 e. The predicted octanol–water partition coefficient (Wildman–Crippen LogP) is 3.55. The third-order valence-electron chi connectivity index (χ3n) is 3.76. The van der Waals surface area contributed by atoms with Gasteiger partial charge in [-0.3, -0.25) is 4.79 Å². The van der Waals surface area contributed by atoms with Crippen LogP contribution in [0.5, 0.6) is 0 Å². The van der Waals surface area contributed by atoms with Crippen molar-refractivity contribution in [3.63, 3.8) is 0 Å². The number of carbonyl (C=O) groups excluding carboxylic acids is 1. The van der Waals surface area contributed by atoms with Crippen LogP contribution in [-0.2, 0) is 5.54 Å². The Hall–Kier alpha value is -3.33. The molecule has 25 heavy (non-hydrogen) atoms. The fourth-order valence-electron chi connectivity index (χ4n) is 2.53. The van der Waals surface area contributed by atoms with Crippen molar-refractivity contribution in [2.75, 3.05) is 5.32 Å². The Morgan fingerprint density at radius 1 is 1.20 bits per heavy atom. The highest BCUT2D eigenvalue weighted by molar-refractivity contribution is 6.02. The molecule has 0 aliphatic heterocycles. The number of hydrogen-bond donors (Lipinski definition) is 1. The lowest BCUT2D eigenvalue weighted by atomic mass is 10.1. The molecule has 0 unspecified atom stereocenters. The van der Waals surface area contributed by atoms with Crippen LogP contribution in [0.2, 0.25) is 0 Å². The maximum absolute atomic E-state index is 12.6. The third-order valence-corrected chi connectivity index (χ3v) is 3.76. The van der Waals surface area contributed by atoms with Gasteiger partial charge in [-0.05, 0) is 45.0 Å². The van der Waals surface area contributed by atoms with E-state index in [1.807, 2.05) is 55.7 Å². The Morgan fingerprint density at radius 3 is 2.56 bits per heavy atom. The van der Waals surface area contributed by atoms with Crippen molar-refractivity contribution >= 4 is 11.7 Å². The topological polar surface area (TPSA) is 75.6 Å². The lowest BCUT2D eigenvalue weighted by Crippen LogP contribution is -2.25. The molecule has 1 N–H and O–H groups in total. The van der Waals surface area contributed by atoms with Crippen LogP contribution in [0.25, 0.3) is 5.69 Å². The molecule has 126 valence electrons. The van der Waals surface area contributed by atoms with Crippen molar-refractivity contribution in [1.82, 2.24) is 14.3 Å². The number of rotatable bonds is 3. The van der Waals surface area contributed by atoms with Gasteiger partial charge in [0.2, 0.25) is 0 Å². The molecule has 2 heterocycles. The van der Waals surface area contributed by atoms with Gasteiger partial charge in [-0.2, -0.15) is 10.4 Å². The number of aromatic nitrogens is 3. The summed E-state index contributed by atoms with van der Waals surface area (Å²) < 4.78 is 3.52. The van der Waals surface area contributed by atoms with Gasteiger partial charge in [-0.1, -0.05) is 18.2 Å². The van der Waals surface area contributed by atoms with Crippen molar-refractivity contribution in [3.8, 4) is 11.8 Å². The number of anilines is 1. The number of nitrogens with zero attached hydrogens (tertiary/aromatic N) is 4. The van der Waals surface area contributed by atoms with Crippen LogP contribution < -0.4 is 5.32 Å². The number of benzene rings is 1. The van der Waals surface area contributed by atoms with Gasteiger partial charge in [0, 0.05) is 17.9 Å². The maximum Gasteiger partial charge on any atom is 0.277 e. The summed E-state index contributed by atoms with van der Waals surface area (Å²) in [6.45, 7) is 6.02. The highest BCUT2D eigenvalue weighted by Gasteiger charge is 2.20. The van der Waals surface area contributed by atoms with E-state index in [9.17, 15) is 4.79 Å². The second-order valence-electron chi connectivity index (χ2n) is 6.70. The molecule has 6 nitrogen and oxygen atoms in total. The molecule has 0 fully saturated rings. The quantitative estimate of drug-likeness (QED) is 0.796. The summed E-state index contributed by atoms with van der Waals surface area (Å²) in [7, 11) is 0. The molecule has 0 bridgehead atoms. The third kappa shape index (κ3) is 3.45. The second-order valence-corrected chi connectivity index (χ2v) is 6.70. The van der Waals surface area contributed by atoms with Gasteiger partial charge in [0.25, 0.3) is 5.91 Å². The summed E-state index contributed by atoms with van der Waals surface area (Å²) in [4.78, 5) is 12.6. The van der Waals surface area contributed by atoms with Gasteiger partial charge in [-0.25, -0.2) is 4.68 Å². The highest BCUT2D eigenvalue weighted by atomic mass is 16.2. The Bertz CT molecular complexity index is 938. The zero-order chi connectivity index (χ0) is 18.0. The SMILES string of the molecule is CC(C)(C)n1cc(C#N)cc1NC(=O)c1ccn(-c2ccccc2)n1. The number of nitriles is 1. The number of amides is 1. The van der Waals surface area contributed by atoms with Crippen molar-refractivity contribution in [1.29, 1.82) is 5.26 Å². The van der Waals surface area contributed by atoms with Gasteiger partial charge < -0.3 is 9.88 Å². The predicted molar refractivity (Wildman–Crippen MR) is 95.7 cm³/mol. The maximum atomic E-state index is 12.6. The summed E-state index contributed by atoms with van der Waals surface area (Å²) >= 11 is 0. The zero-order valence-corrected chi connectivity index (χ0v) is 14.4. The van der Waals surface area contributed by atoms with E-state index in [1.165, 1.54) is 0 Å². The normalized spacial score (nSPS) is 11.1. The first-order valence-electron chi connectivity index (χ1n) is 7.94. The minimum atomic E-state index is -0.317. The van der Waals surface area contributed by atoms with Crippen molar-refractivity contribution in [3.05, 3.63) is 66.1 Å². The van der Waals surface area contributed by atoms with Crippen molar-refractivity contribution in [2.24, 2.45) is 0 Å². The van der Waals surface area contributed by atoms with Crippen molar-refractivity contribution in [2.45, 2.75) is 26.3 Å². The van der Waals surface area contributed by atoms with E-state index in [0.717, 1.165) is 5.69 Å². The average molecular weight is 333 g/mol. The Balaban J connectivity index is 1.86. The fraction of sp³-hybridized carbons (Fsp3) is 0.211. The average Bonchev–Trinajstić information content (AvgIpc) is 3.22. The number of hydrogen-bond acceptors (Lipinski definition) is 3. The van der Waals surface area contributed by atoms with Gasteiger partial charge in [0.15, 0.2) is 5.69 Å². The molecule has 2 aromatic heterocycles. The molecular weight excluding hydrogens is 314 g/mol. The van der Waals surface area contributed by atoms with Gasteiger partial charge in [-0.15, -0.1) is 0 Å². The molecule has 0 saturated carbocycles. The second kappa shape index (κ2) is 6.29. The van der Waals surface area contributed by atoms with Crippen LogP contribution in [0.15, 0.2) is 54.9 Å². The van der Waals surface area contributed by atoms with Gasteiger partial charge >= 0.3 is 0 Å². The van der Waals surface area contributed by atoms with Crippen LogP contribution in [0.1, 0.15) is 36.8 Å². The summed E-state index contributed by atoms with van der Waals surface area (Å²) in [5, 5.41) is 16.3. The minimum Gasteiger partial charge on any atom is -0.328 e. The number of carbonyl (C=O) groups is 1. The summed E-state index contributed by atoms with van der Waals surface area (Å²) in [6, 6.07) is 15.0. The standard InChI is InChI=1S/C19H19N5O/c1-19(2,3)23-13-14(12-20)11-17(23)21-18(25)16-9-10-24(22-16)15-7-5-4-6-8-15/h4-11,13H,1-3H3,(H,21,25). The molecule has 0 saturated heterocycles. The minimum absolute atomic E-state index is 0.263. The molecule has 3 aromatic rings. The molecular formula is C19H19N5O. The lowest BCUT2D eigenvalue weighted by Gasteiger charge is -2.24. The molecule has 1 aromatic carbocycles. The van der Waals surface area contributed by atoms with Gasteiger partial charge in [0.05, 0.1) is 11.3 Å². The van der Waals surface area contributed by atoms with Crippen LogP contribution in [-0.4, -0.2) is 20.3 Å². The Labute approximate surface area is 146 Å². The van der Waals surface area contributed by atoms with Crippen LogP contribution in [0.3, 0.4) is 0 Å². The van der Waals surface area contributed by atoms with E-state index >= 15 is 0 Å². The molecule has 6 heteroatoms. The monoisotopic (exact) mass is 333 g/mol. The van der Waals surface area contributed by atoms with Crippen LogP contribution >= 0.6 is 0 Å². The van der Waals surface area contributed by atoms with Crippen LogP contribution in [0, 0.1) is 11.3 Å². The molecule has 3 rings (SSSR count). The summed E-state index contributed by atoms with van der Waals surface area (Å²) in [5.74, 6) is 0.256.